The molecular formula is C12H26N2O. The molecule has 0 spiro atoms. The average molecular weight is 214 g/mol. The highest BCUT2D eigenvalue weighted by Crippen LogP contribution is 2.06. The summed E-state index contributed by atoms with van der Waals surface area (Å²) in [4.78, 5) is 2.50. The van der Waals surface area contributed by atoms with Gasteiger partial charge in [0.25, 0.3) is 0 Å². The van der Waals surface area contributed by atoms with Gasteiger partial charge in [-0.15, -0.1) is 0 Å². The van der Waals surface area contributed by atoms with Crippen molar-refractivity contribution >= 4 is 0 Å². The van der Waals surface area contributed by atoms with Gasteiger partial charge in [0.2, 0.25) is 0 Å². The average Bonchev–Trinajstić information content (AvgIpc) is 2.71. The molecule has 0 aromatic rings. The molecule has 1 aliphatic heterocycles. The van der Waals surface area contributed by atoms with E-state index in [4.69, 9.17) is 4.74 Å². The molecule has 0 amide bonds. The smallest absolute Gasteiger partial charge is 0.0597 e. The van der Waals surface area contributed by atoms with Crippen molar-refractivity contribution in [1.29, 1.82) is 0 Å². The predicted octanol–water partition coefficient (Wildman–Crippen LogP) is 1.49. The molecular weight excluding hydrogens is 188 g/mol. The van der Waals surface area contributed by atoms with Gasteiger partial charge in [-0.05, 0) is 52.4 Å². The minimum Gasteiger partial charge on any atom is -0.377 e. The molecule has 15 heavy (non-hydrogen) atoms. The van der Waals surface area contributed by atoms with Crippen molar-refractivity contribution in [1.82, 2.24) is 10.2 Å². The number of nitrogens with one attached hydrogen (secondary N) is 1. The van der Waals surface area contributed by atoms with Crippen molar-refractivity contribution in [2.45, 2.75) is 39.2 Å². The summed E-state index contributed by atoms with van der Waals surface area (Å²) >= 11 is 0. The first-order valence-electron chi connectivity index (χ1n) is 6.37. The Hall–Kier alpha value is -0.120. The first kappa shape index (κ1) is 12.9. The van der Waals surface area contributed by atoms with Gasteiger partial charge in [-0.3, -0.25) is 0 Å². The zero-order chi connectivity index (χ0) is 10.9. The standard InChI is InChI=1S/C12H26N2O/c1-3-13-7-6-12(2)15-11-10-14-8-4-5-9-14/h12-13H,3-11H2,1-2H3. The number of ether oxygens (including phenoxy) is 1. The van der Waals surface area contributed by atoms with Crippen molar-refractivity contribution in [2.75, 3.05) is 39.3 Å². The second kappa shape index (κ2) is 8.08. The number of likely N-dealkylation sites (tertiary alicyclic amines) is 1. The van der Waals surface area contributed by atoms with Crippen LogP contribution in [0.5, 0.6) is 0 Å². The predicted molar refractivity (Wildman–Crippen MR) is 64.2 cm³/mol. The SMILES string of the molecule is CCNCCC(C)OCCN1CCCC1. The van der Waals surface area contributed by atoms with Gasteiger partial charge in [0, 0.05) is 6.54 Å². The van der Waals surface area contributed by atoms with Crippen molar-refractivity contribution in [3.63, 3.8) is 0 Å². The summed E-state index contributed by atoms with van der Waals surface area (Å²) in [6.07, 6.45) is 4.26. The lowest BCUT2D eigenvalue weighted by atomic mass is 10.3. The third-order valence-electron chi connectivity index (χ3n) is 2.99. The van der Waals surface area contributed by atoms with Crippen LogP contribution in [0.15, 0.2) is 0 Å². The van der Waals surface area contributed by atoms with Crippen LogP contribution in [0.3, 0.4) is 0 Å². The first-order chi connectivity index (χ1) is 7.33. The highest BCUT2D eigenvalue weighted by molar-refractivity contribution is 4.65. The Kier molecular flexibility index (Phi) is 6.98. The van der Waals surface area contributed by atoms with E-state index in [-0.39, 0.29) is 0 Å². The topological polar surface area (TPSA) is 24.5 Å². The van der Waals surface area contributed by atoms with Crippen LogP contribution in [0.2, 0.25) is 0 Å². The van der Waals surface area contributed by atoms with Crippen molar-refractivity contribution in [2.24, 2.45) is 0 Å². The van der Waals surface area contributed by atoms with Gasteiger partial charge in [0.05, 0.1) is 12.7 Å². The minimum atomic E-state index is 0.395. The Labute approximate surface area is 94.2 Å². The van der Waals surface area contributed by atoms with Crippen LogP contribution in [0.25, 0.3) is 0 Å². The summed E-state index contributed by atoms with van der Waals surface area (Å²) in [5, 5.41) is 3.32. The van der Waals surface area contributed by atoms with E-state index in [9.17, 15) is 0 Å². The summed E-state index contributed by atoms with van der Waals surface area (Å²) in [7, 11) is 0. The fraction of sp³-hybridized carbons (Fsp3) is 1.00. The lowest BCUT2D eigenvalue weighted by molar-refractivity contribution is 0.0475. The molecule has 0 saturated carbocycles. The molecule has 1 fully saturated rings. The molecule has 1 saturated heterocycles. The van der Waals surface area contributed by atoms with Crippen LogP contribution in [0, 0.1) is 0 Å². The Balaban J connectivity index is 1.89. The number of rotatable bonds is 8. The summed E-state index contributed by atoms with van der Waals surface area (Å²) in [5.41, 5.74) is 0. The molecule has 1 unspecified atom stereocenters. The molecule has 0 radical (unpaired) electrons. The maximum atomic E-state index is 5.77. The Morgan fingerprint density at radius 1 is 1.33 bits per heavy atom. The van der Waals surface area contributed by atoms with Crippen molar-refractivity contribution in [3.8, 4) is 0 Å². The highest BCUT2D eigenvalue weighted by atomic mass is 16.5. The van der Waals surface area contributed by atoms with Crippen LogP contribution < -0.4 is 5.32 Å². The molecule has 3 heteroatoms. The van der Waals surface area contributed by atoms with E-state index in [2.05, 4.69) is 24.1 Å². The van der Waals surface area contributed by atoms with Crippen LogP contribution in [0.1, 0.15) is 33.1 Å². The van der Waals surface area contributed by atoms with E-state index in [1.54, 1.807) is 0 Å². The molecule has 90 valence electrons. The molecule has 1 aliphatic rings. The fourth-order valence-corrected chi connectivity index (χ4v) is 1.95. The van der Waals surface area contributed by atoms with E-state index in [0.717, 1.165) is 32.7 Å². The summed E-state index contributed by atoms with van der Waals surface area (Å²) in [6, 6.07) is 0. The van der Waals surface area contributed by atoms with Crippen molar-refractivity contribution in [3.05, 3.63) is 0 Å². The van der Waals surface area contributed by atoms with E-state index >= 15 is 0 Å². The van der Waals surface area contributed by atoms with Crippen LogP contribution in [0.4, 0.5) is 0 Å². The van der Waals surface area contributed by atoms with Crippen LogP contribution in [-0.2, 0) is 4.74 Å². The van der Waals surface area contributed by atoms with Gasteiger partial charge in [-0.1, -0.05) is 6.92 Å². The second-order valence-electron chi connectivity index (χ2n) is 4.37. The van der Waals surface area contributed by atoms with Gasteiger partial charge in [0.15, 0.2) is 0 Å². The zero-order valence-corrected chi connectivity index (χ0v) is 10.3. The number of hydrogen-bond acceptors (Lipinski definition) is 3. The van der Waals surface area contributed by atoms with Crippen LogP contribution >= 0.6 is 0 Å². The number of hydrogen-bond donors (Lipinski definition) is 1. The molecule has 1 atom stereocenters. The van der Waals surface area contributed by atoms with E-state index in [0.29, 0.717) is 6.10 Å². The number of nitrogens with zero attached hydrogens (tertiary/aromatic N) is 1. The van der Waals surface area contributed by atoms with E-state index < -0.39 is 0 Å². The Morgan fingerprint density at radius 3 is 2.73 bits per heavy atom. The highest BCUT2D eigenvalue weighted by Gasteiger charge is 2.11. The third-order valence-corrected chi connectivity index (χ3v) is 2.99. The van der Waals surface area contributed by atoms with Crippen LogP contribution in [-0.4, -0.2) is 50.3 Å². The Bertz CT molecular complexity index is 147. The lowest BCUT2D eigenvalue weighted by Gasteiger charge is -2.17. The third kappa shape index (κ3) is 6.13. The minimum absolute atomic E-state index is 0.395. The van der Waals surface area contributed by atoms with Gasteiger partial charge in [0.1, 0.15) is 0 Å². The molecule has 1 rings (SSSR count). The van der Waals surface area contributed by atoms with E-state index in [1.807, 2.05) is 0 Å². The maximum Gasteiger partial charge on any atom is 0.0597 e. The van der Waals surface area contributed by atoms with Gasteiger partial charge in [-0.25, -0.2) is 0 Å². The lowest BCUT2D eigenvalue weighted by Crippen LogP contribution is -2.27. The summed E-state index contributed by atoms with van der Waals surface area (Å²) in [6.45, 7) is 11.0. The second-order valence-corrected chi connectivity index (χ2v) is 4.37. The summed E-state index contributed by atoms with van der Waals surface area (Å²) < 4.78 is 5.77. The zero-order valence-electron chi connectivity index (χ0n) is 10.3. The molecule has 1 heterocycles. The van der Waals surface area contributed by atoms with Gasteiger partial charge < -0.3 is 15.0 Å². The molecule has 3 nitrogen and oxygen atoms in total. The van der Waals surface area contributed by atoms with Gasteiger partial charge >= 0.3 is 0 Å². The molecule has 0 bridgehead atoms. The van der Waals surface area contributed by atoms with Crippen molar-refractivity contribution < 1.29 is 4.74 Å². The molecule has 0 aliphatic carbocycles. The largest absolute Gasteiger partial charge is 0.377 e. The Morgan fingerprint density at radius 2 is 2.07 bits per heavy atom. The molecule has 1 N–H and O–H groups in total. The monoisotopic (exact) mass is 214 g/mol. The van der Waals surface area contributed by atoms with E-state index in [1.165, 1.54) is 25.9 Å². The normalized spacial score (nSPS) is 19.6. The quantitative estimate of drug-likeness (QED) is 0.620. The maximum absolute atomic E-state index is 5.77. The first-order valence-corrected chi connectivity index (χ1v) is 6.37. The molecule has 0 aromatic carbocycles. The van der Waals surface area contributed by atoms with Gasteiger partial charge in [-0.2, -0.15) is 0 Å². The molecule has 0 aromatic heterocycles. The summed E-state index contributed by atoms with van der Waals surface area (Å²) in [5.74, 6) is 0. The fourth-order valence-electron chi connectivity index (χ4n) is 1.95.